The van der Waals surface area contributed by atoms with E-state index >= 15 is 0 Å². The van der Waals surface area contributed by atoms with E-state index in [1.165, 1.54) is 24.2 Å². The summed E-state index contributed by atoms with van der Waals surface area (Å²) in [6.45, 7) is 0. The van der Waals surface area contributed by atoms with E-state index in [1.807, 2.05) is 0 Å². The number of nitrogens with zero attached hydrogens (tertiary/aromatic N) is 2. The fourth-order valence-electron chi connectivity index (χ4n) is 1.48. The molecule has 0 aliphatic rings. The molecule has 0 saturated carbocycles. The molecule has 0 bridgehead atoms. The molecule has 1 aromatic carbocycles. The lowest BCUT2D eigenvalue weighted by Gasteiger charge is -2.12. The van der Waals surface area contributed by atoms with Crippen molar-refractivity contribution in [2.75, 3.05) is 7.11 Å². The maximum Gasteiger partial charge on any atom is 0.416 e. The summed E-state index contributed by atoms with van der Waals surface area (Å²) >= 11 is 11.7. The molecule has 0 amide bonds. The highest BCUT2D eigenvalue weighted by Gasteiger charge is 2.32. The van der Waals surface area contributed by atoms with Crippen molar-refractivity contribution in [3.05, 3.63) is 40.1 Å². The normalized spacial score (nSPS) is 11.7. The van der Waals surface area contributed by atoms with Gasteiger partial charge in [-0.15, -0.1) is 0 Å². The van der Waals surface area contributed by atoms with Crippen molar-refractivity contribution in [2.24, 2.45) is 0 Å². The predicted molar refractivity (Wildman–Crippen MR) is 65.1 cm³/mol. The molecular formula is C11H7Cl2F3N2O. The standard InChI is InChI=1S/C11H7Cl2F3N2O/c1-19-7-4-17-18(5-7)10-8(12)2-6(3-9(10)13)11(14,15)16/h2-5H,1H3. The van der Waals surface area contributed by atoms with Crippen LogP contribution in [-0.2, 0) is 6.18 Å². The molecule has 2 rings (SSSR count). The second-order valence-corrected chi connectivity index (χ2v) is 4.43. The van der Waals surface area contributed by atoms with Gasteiger partial charge in [-0.2, -0.15) is 18.3 Å². The fourth-order valence-corrected chi connectivity index (χ4v) is 2.14. The van der Waals surface area contributed by atoms with Crippen molar-refractivity contribution in [3.8, 4) is 11.4 Å². The van der Waals surface area contributed by atoms with Crippen LogP contribution in [0.1, 0.15) is 5.56 Å². The summed E-state index contributed by atoms with van der Waals surface area (Å²) in [5, 5.41) is 3.62. The number of ether oxygens (including phenoxy) is 1. The summed E-state index contributed by atoms with van der Waals surface area (Å²) < 4.78 is 43.9. The van der Waals surface area contributed by atoms with E-state index in [2.05, 4.69) is 5.10 Å². The Morgan fingerprint density at radius 2 is 1.79 bits per heavy atom. The molecule has 102 valence electrons. The number of hydrogen-bond donors (Lipinski definition) is 0. The van der Waals surface area contributed by atoms with Gasteiger partial charge in [0.1, 0.15) is 5.69 Å². The van der Waals surface area contributed by atoms with E-state index in [4.69, 9.17) is 27.9 Å². The van der Waals surface area contributed by atoms with Gasteiger partial charge in [-0.05, 0) is 12.1 Å². The van der Waals surface area contributed by atoms with E-state index < -0.39 is 11.7 Å². The van der Waals surface area contributed by atoms with Crippen molar-refractivity contribution in [3.63, 3.8) is 0 Å². The van der Waals surface area contributed by atoms with Crippen molar-refractivity contribution >= 4 is 23.2 Å². The summed E-state index contributed by atoms with van der Waals surface area (Å²) in [5.41, 5.74) is -0.745. The molecule has 0 spiro atoms. The number of halogens is 5. The maximum absolute atomic E-state index is 12.6. The first-order valence-corrected chi connectivity index (χ1v) is 5.74. The highest BCUT2D eigenvalue weighted by Crippen LogP contribution is 2.37. The summed E-state index contributed by atoms with van der Waals surface area (Å²) in [6.07, 6.45) is -1.65. The monoisotopic (exact) mass is 310 g/mol. The number of alkyl halides is 3. The van der Waals surface area contributed by atoms with Crippen LogP contribution in [0.2, 0.25) is 10.0 Å². The molecule has 0 unspecified atom stereocenters. The SMILES string of the molecule is COc1cnn(-c2c(Cl)cc(C(F)(F)F)cc2Cl)c1. The molecule has 0 N–H and O–H groups in total. The quantitative estimate of drug-likeness (QED) is 0.831. The molecule has 1 heterocycles. The molecule has 19 heavy (non-hydrogen) atoms. The minimum atomic E-state index is -4.51. The van der Waals surface area contributed by atoms with E-state index in [9.17, 15) is 13.2 Å². The predicted octanol–water partition coefficient (Wildman–Crippen LogP) is 4.21. The Labute approximate surface area is 116 Å². The van der Waals surface area contributed by atoms with Crippen LogP contribution >= 0.6 is 23.2 Å². The molecule has 0 fully saturated rings. The third-order valence-corrected chi connectivity index (χ3v) is 2.94. The van der Waals surface area contributed by atoms with Gasteiger partial charge in [-0.3, -0.25) is 0 Å². The van der Waals surface area contributed by atoms with Gasteiger partial charge in [-0.25, -0.2) is 4.68 Å². The Morgan fingerprint density at radius 3 is 2.21 bits per heavy atom. The molecular weight excluding hydrogens is 304 g/mol. The minimum Gasteiger partial charge on any atom is -0.493 e. The van der Waals surface area contributed by atoms with Gasteiger partial charge in [0.05, 0.1) is 35.1 Å². The molecule has 0 aliphatic carbocycles. The first kappa shape index (κ1) is 14.0. The summed E-state index contributed by atoms with van der Waals surface area (Å²) in [4.78, 5) is 0. The zero-order valence-corrected chi connectivity index (χ0v) is 11.0. The second-order valence-electron chi connectivity index (χ2n) is 3.61. The minimum absolute atomic E-state index is 0.148. The molecule has 2 aromatic rings. The Morgan fingerprint density at radius 1 is 1.21 bits per heavy atom. The van der Waals surface area contributed by atoms with Crippen LogP contribution in [0.3, 0.4) is 0 Å². The maximum atomic E-state index is 12.6. The van der Waals surface area contributed by atoms with Gasteiger partial charge >= 0.3 is 6.18 Å². The summed E-state index contributed by atoms with van der Waals surface area (Å²) in [6, 6.07) is 1.61. The molecule has 3 nitrogen and oxygen atoms in total. The van der Waals surface area contributed by atoms with Crippen LogP contribution in [0.15, 0.2) is 24.5 Å². The van der Waals surface area contributed by atoms with Gasteiger partial charge in [0.2, 0.25) is 0 Å². The number of hydrogen-bond acceptors (Lipinski definition) is 2. The van der Waals surface area contributed by atoms with Gasteiger partial charge < -0.3 is 4.74 Å². The largest absolute Gasteiger partial charge is 0.493 e. The first-order valence-electron chi connectivity index (χ1n) is 4.98. The van der Waals surface area contributed by atoms with Gasteiger partial charge in [0.15, 0.2) is 5.75 Å². The second kappa shape index (κ2) is 4.94. The Kier molecular flexibility index (Phi) is 3.64. The highest BCUT2D eigenvalue weighted by molar-refractivity contribution is 6.37. The average molecular weight is 311 g/mol. The van der Waals surface area contributed by atoms with E-state index in [0.29, 0.717) is 5.75 Å². The number of benzene rings is 1. The van der Waals surface area contributed by atoms with E-state index in [0.717, 1.165) is 12.1 Å². The van der Waals surface area contributed by atoms with Gasteiger partial charge in [0, 0.05) is 0 Å². The Bertz CT molecular complexity index is 587. The van der Waals surface area contributed by atoms with Crippen molar-refractivity contribution in [1.82, 2.24) is 9.78 Å². The lowest BCUT2D eigenvalue weighted by atomic mass is 10.2. The zero-order chi connectivity index (χ0) is 14.2. The van der Waals surface area contributed by atoms with Crippen molar-refractivity contribution in [2.45, 2.75) is 6.18 Å². The third kappa shape index (κ3) is 2.79. The molecule has 0 saturated heterocycles. The molecule has 0 radical (unpaired) electrons. The first-order chi connectivity index (χ1) is 8.82. The lowest BCUT2D eigenvalue weighted by Crippen LogP contribution is -2.06. The van der Waals surface area contributed by atoms with Crippen molar-refractivity contribution in [1.29, 1.82) is 0 Å². The van der Waals surface area contributed by atoms with Gasteiger partial charge in [-0.1, -0.05) is 23.2 Å². The molecule has 8 heteroatoms. The zero-order valence-electron chi connectivity index (χ0n) is 9.50. The Hall–Kier alpha value is -1.40. The van der Waals surface area contributed by atoms with E-state index in [-0.39, 0.29) is 15.7 Å². The third-order valence-electron chi connectivity index (χ3n) is 2.37. The lowest BCUT2D eigenvalue weighted by molar-refractivity contribution is -0.137. The topological polar surface area (TPSA) is 27.1 Å². The van der Waals surface area contributed by atoms with Crippen LogP contribution in [0, 0.1) is 0 Å². The van der Waals surface area contributed by atoms with Crippen LogP contribution in [0.4, 0.5) is 13.2 Å². The molecule has 1 aromatic heterocycles. The van der Waals surface area contributed by atoms with Crippen molar-refractivity contribution < 1.29 is 17.9 Å². The molecule has 0 atom stereocenters. The summed E-state index contributed by atoms with van der Waals surface area (Å²) in [7, 11) is 1.44. The number of methoxy groups -OCH3 is 1. The van der Waals surface area contributed by atoms with Crippen LogP contribution in [0.5, 0.6) is 5.75 Å². The average Bonchev–Trinajstić information content (AvgIpc) is 2.75. The van der Waals surface area contributed by atoms with E-state index in [1.54, 1.807) is 0 Å². The molecule has 0 aliphatic heterocycles. The van der Waals surface area contributed by atoms with Gasteiger partial charge in [0.25, 0.3) is 0 Å². The Balaban J connectivity index is 2.53. The highest BCUT2D eigenvalue weighted by atomic mass is 35.5. The summed E-state index contributed by atoms with van der Waals surface area (Å²) in [5.74, 6) is 0.437. The smallest absolute Gasteiger partial charge is 0.416 e. The fraction of sp³-hybridized carbons (Fsp3) is 0.182. The van der Waals surface area contributed by atoms with Crippen LogP contribution in [0.25, 0.3) is 5.69 Å². The van der Waals surface area contributed by atoms with Crippen LogP contribution < -0.4 is 4.74 Å². The van der Waals surface area contributed by atoms with Crippen LogP contribution in [-0.4, -0.2) is 16.9 Å². The number of rotatable bonds is 2. The number of aromatic nitrogens is 2.